The first kappa shape index (κ1) is 38.2. The summed E-state index contributed by atoms with van der Waals surface area (Å²) in [5.41, 5.74) is 1.78. The minimum absolute atomic E-state index is 0.00492. The fraction of sp³-hybridized carbons (Fsp3) is 0.743. The van der Waals surface area contributed by atoms with Crippen LogP contribution in [0.4, 0.5) is 0 Å². The van der Waals surface area contributed by atoms with Gasteiger partial charge < -0.3 is 39.4 Å². The number of allylic oxidation sites excluding steroid dienone is 5. The van der Waals surface area contributed by atoms with Crippen LogP contribution in [0.5, 0.6) is 0 Å². The van der Waals surface area contributed by atoms with Crippen molar-refractivity contribution >= 4 is 5.97 Å². The minimum atomic E-state index is -1.80. The van der Waals surface area contributed by atoms with Crippen LogP contribution in [0.2, 0.25) is 0 Å². The van der Waals surface area contributed by atoms with Gasteiger partial charge in [-0.3, -0.25) is 0 Å². The van der Waals surface area contributed by atoms with Gasteiger partial charge in [-0.1, -0.05) is 83.9 Å². The number of aliphatic hydroxyl groups is 4. The molecule has 44 heavy (non-hydrogen) atoms. The standard InChI is InChI=1S/C35H58O9/c1-19(2)32-24(7)27(36)18-35(40,44-32)26(9)31(38)25(8)33-28(41-10)14-12-13-20(3)15-22(5)30(37)23(6)16-21(4)17-29(42-11)34(39)43-33/h12-14,16-17,19,22-28,30-33,36-38,40H,15,18H2,1-11H3/b14-12+,20-13+,21-16?,29-17?/t22-,23+,24-,25-,26-,27+,28-,30-,31+,32+,33+,35+/m0/s1. The van der Waals surface area contributed by atoms with Crippen molar-refractivity contribution in [3.63, 3.8) is 0 Å². The molecular formula is C35H58O9. The van der Waals surface area contributed by atoms with Gasteiger partial charge in [0, 0.05) is 37.2 Å². The molecule has 252 valence electrons. The highest BCUT2D eigenvalue weighted by atomic mass is 16.6. The third-order valence-electron chi connectivity index (χ3n) is 9.50. The number of cyclic esters (lactones) is 1. The van der Waals surface area contributed by atoms with Crippen molar-refractivity contribution in [3.05, 3.63) is 47.3 Å². The van der Waals surface area contributed by atoms with Crippen LogP contribution < -0.4 is 0 Å². The first-order chi connectivity index (χ1) is 20.5. The molecule has 0 aromatic heterocycles. The van der Waals surface area contributed by atoms with E-state index in [1.807, 2.05) is 66.7 Å². The highest BCUT2D eigenvalue weighted by Crippen LogP contribution is 2.41. The predicted molar refractivity (Wildman–Crippen MR) is 170 cm³/mol. The number of carbonyl (C=O) groups is 1. The van der Waals surface area contributed by atoms with E-state index in [0.29, 0.717) is 6.42 Å². The lowest BCUT2D eigenvalue weighted by molar-refractivity contribution is -0.328. The number of hydrogen-bond acceptors (Lipinski definition) is 9. The number of ether oxygens (including phenoxy) is 4. The van der Waals surface area contributed by atoms with E-state index in [9.17, 15) is 25.2 Å². The first-order valence-corrected chi connectivity index (χ1v) is 15.9. The zero-order valence-corrected chi connectivity index (χ0v) is 28.6. The van der Waals surface area contributed by atoms with Crippen LogP contribution in [0.15, 0.2) is 47.3 Å². The summed E-state index contributed by atoms with van der Waals surface area (Å²) < 4.78 is 23.4. The molecular weight excluding hydrogens is 564 g/mol. The molecule has 0 aromatic rings. The summed E-state index contributed by atoms with van der Waals surface area (Å²) in [7, 11) is 2.87. The number of esters is 1. The molecule has 12 atom stereocenters. The molecule has 0 amide bonds. The molecule has 0 unspecified atom stereocenters. The maximum absolute atomic E-state index is 13.5. The third-order valence-corrected chi connectivity index (χ3v) is 9.50. The van der Waals surface area contributed by atoms with Crippen molar-refractivity contribution in [1.29, 1.82) is 0 Å². The molecule has 0 radical (unpaired) electrons. The molecule has 0 aromatic carbocycles. The molecule has 2 heterocycles. The van der Waals surface area contributed by atoms with E-state index in [2.05, 4.69) is 0 Å². The molecule has 0 spiro atoms. The Labute approximate surface area is 264 Å². The maximum Gasteiger partial charge on any atom is 0.373 e. The molecule has 0 saturated carbocycles. The van der Waals surface area contributed by atoms with Gasteiger partial charge >= 0.3 is 5.97 Å². The summed E-state index contributed by atoms with van der Waals surface area (Å²) in [4.78, 5) is 13.5. The zero-order chi connectivity index (χ0) is 33.5. The van der Waals surface area contributed by atoms with Crippen LogP contribution in [-0.4, -0.2) is 83.0 Å². The molecule has 2 rings (SSSR count). The van der Waals surface area contributed by atoms with Gasteiger partial charge in [-0.2, -0.15) is 0 Å². The van der Waals surface area contributed by atoms with Crippen molar-refractivity contribution in [3.8, 4) is 0 Å². The van der Waals surface area contributed by atoms with Crippen molar-refractivity contribution in [1.82, 2.24) is 0 Å². The van der Waals surface area contributed by atoms with Crippen LogP contribution in [0.25, 0.3) is 0 Å². The summed E-state index contributed by atoms with van der Waals surface area (Å²) in [6, 6.07) is 0. The van der Waals surface area contributed by atoms with Crippen molar-refractivity contribution in [2.75, 3.05) is 14.2 Å². The zero-order valence-electron chi connectivity index (χ0n) is 28.6. The quantitative estimate of drug-likeness (QED) is 0.298. The summed E-state index contributed by atoms with van der Waals surface area (Å²) in [5.74, 6) is -4.49. The second kappa shape index (κ2) is 16.5. The normalized spacial score (nSPS) is 38.8. The molecule has 0 bridgehead atoms. The summed E-state index contributed by atoms with van der Waals surface area (Å²) in [6.45, 7) is 17.0. The number of carbonyl (C=O) groups excluding carboxylic acids is 1. The Bertz CT molecular complexity index is 1060. The summed E-state index contributed by atoms with van der Waals surface area (Å²) in [6.07, 6.45) is 4.85. The molecule has 0 aliphatic carbocycles. The van der Waals surface area contributed by atoms with Gasteiger partial charge in [-0.05, 0) is 38.2 Å². The third kappa shape index (κ3) is 9.50. The number of methoxy groups -OCH3 is 2. The SMILES string of the molecule is COC1=CC(C)=C[C@@H](C)[C@@H](O)[C@@H](C)C/C(C)=C/C=C/[C@H](OC)[C@@H]([C@@H](C)[C@@H](O)[C@H](C)[C@@]2(O)C[C@@H](O)[C@H](C)[C@@H](C(C)C)O2)OC1=O. The Hall–Kier alpha value is -2.01. The molecule has 2 aliphatic rings. The molecule has 1 fully saturated rings. The van der Waals surface area contributed by atoms with Crippen molar-refractivity contribution < 1.29 is 44.2 Å². The largest absolute Gasteiger partial charge is 0.490 e. The van der Waals surface area contributed by atoms with Gasteiger partial charge in [0.05, 0.1) is 31.5 Å². The van der Waals surface area contributed by atoms with E-state index in [1.165, 1.54) is 14.2 Å². The Balaban J connectivity index is 2.52. The smallest absolute Gasteiger partial charge is 0.373 e. The Morgan fingerprint density at radius 2 is 1.68 bits per heavy atom. The molecule has 9 heteroatoms. The van der Waals surface area contributed by atoms with Crippen LogP contribution in [0, 0.1) is 35.5 Å². The lowest BCUT2D eigenvalue weighted by Gasteiger charge is -2.49. The van der Waals surface area contributed by atoms with Crippen LogP contribution in [0.1, 0.15) is 75.2 Å². The molecule has 4 N–H and O–H groups in total. The van der Waals surface area contributed by atoms with Crippen LogP contribution >= 0.6 is 0 Å². The number of hydrogen-bond donors (Lipinski definition) is 4. The van der Waals surface area contributed by atoms with E-state index in [0.717, 1.165) is 11.1 Å². The number of rotatable bonds is 7. The molecule has 2 aliphatic heterocycles. The first-order valence-electron chi connectivity index (χ1n) is 15.9. The predicted octanol–water partition coefficient (Wildman–Crippen LogP) is 4.69. The minimum Gasteiger partial charge on any atom is -0.490 e. The van der Waals surface area contributed by atoms with E-state index >= 15 is 0 Å². The Morgan fingerprint density at radius 1 is 1.05 bits per heavy atom. The van der Waals surface area contributed by atoms with Gasteiger partial charge in [0.15, 0.2) is 5.79 Å². The lowest BCUT2D eigenvalue weighted by atomic mass is 9.76. The summed E-state index contributed by atoms with van der Waals surface area (Å²) >= 11 is 0. The monoisotopic (exact) mass is 622 g/mol. The fourth-order valence-corrected chi connectivity index (χ4v) is 6.54. The number of aliphatic hydroxyl groups excluding tert-OH is 3. The summed E-state index contributed by atoms with van der Waals surface area (Å²) in [5, 5.41) is 45.0. The molecule has 9 nitrogen and oxygen atoms in total. The Morgan fingerprint density at radius 3 is 2.25 bits per heavy atom. The van der Waals surface area contributed by atoms with Gasteiger partial charge in [-0.25, -0.2) is 4.79 Å². The second-order valence-corrected chi connectivity index (χ2v) is 13.6. The van der Waals surface area contributed by atoms with E-state index in [4.69, 9.17) is 18.9 Å². The van der Waals surface area contributed by atoms with E-state index < -0.39 is 60.2 Å². The average molecular weight is 623 g/mol. The van der Waals surface area contributed by atoms with Crippen LogP contribution in [0.3, 0.4) is 0 Å². The van der Waals surface area contributed by atoms with E-state index in [-0.39, 0.29) is 35.9 Å². The molecule has 1 saturated heterocycles. The highest BCUT2D eigenvalue weighted by Gasteiger charge is 2.51. The maximum atomic E-state index is 13.5. The average Bonchev–Trinajstić information content (AvgIpc) is 2.96. The fourth-order valence-electron chi connectivity index (χ4n) is 6.54. The van der Waals surface area contributed by atoms with Gasteiger partial charge in [0.25, 0.3) is 0 Å². The van der Waals surface area contributed by atoms with E-state index in [1.54, 1.807) is 26.0 Å². The van der Waals surface area contributed by atoms with Gasteiger partial charge in [0.2, 0.25) is 5.76 Å². The topological polar surface area (TPSA) is 135 Å². The Kier molecular flexibility index (Phi) is 14.3. The van der Waals surface area contributed by atoms with Crippen LogP contribution in [-0.2, 0) is 23.7 Å². The van der Waals surface area contributed by atoms with Gasteiger partial charge in [-0.15, -0.1) is 0 Å². The van der Waals surface area contributed by atoms with Gasteiger partial charge in [0.1, 0.15) is 12.2 Å². The highest BCUT2D eigenvalue weighted by molar-refractivity contribution is 5.87. The lowest BCUT2D eigenvalue weighted by Crippen LogP contribution is -2.59. The van der Waals surface area contributed by atoms with Crippen molar-refractivity contribution in [2.24, 2.45) is 35.5 Å². The van der Waals surface area contributed by atoms with Crippen molar-refractivity contribution in [2.45, 2.75) is 118 Å². The second-order valence-electron chi connectivity index (χ2n) is 13.6.